The molecule has 0 bridgehead atoms. The fourth-order valence-corrected chi connectivity index (χ4v) is 2.35. The number of rotatable bonds is 3. The smallest absolute Gasteiger partial charge is 0.240 e. The van der Waals surface area contributed by atoms with Crippen molar-refractivity contribution in [2.24, 2.45) is 11.7 Å². The largest absolute Gasteiger partial charge is 0.351 e. The molecule has 1 aliphatic rings. The van der Waals surface area contributed by atoms with Crippen LogP contribution in [-0.2, 0) is 4.79 Å². The molecule has 0 radical (unpaired) electrons. The first-order valence-corrected chi connectivity index (χ1v) is 5.95. The summed E-state index contributed by atoms with van der Waals surface area (Å²) in [7, 11) is 0. The highest BCUT2D eigenvalue weighted by Gasteiger charge is 2.38. The van der Waals surface area contributed by atoms with E-state index in [-0.39, 0.29) is 11.9 Å². The Morgan fingerprint density at radius 2 is 2.44 bits per heavy atom. The first-order valence-electron chi connectivity index (χ1n) is 5.95. The van der Waals surface area contributed by atoms with Gasteiger partial charge in [0.15, 0.2) is 0 Å². The van der Waals surface area contributed by atoms with Crippen LogP contribution in [0.1, 0.15) is 46.0 Å². The summed E-state index contributed by atoms with van der Waals surface area (Å²) in [6.45, 7) is 3.96. The highest BCUT2D eigenvalue weighted by atomic mass is 16.2. The van der Waals surface area contributed by atoms with Gasteiger partial charge in [0.05, 0.1) is 18.0 Å². The number of nitrogens with one attached hydrogen (secondary N) is 1. The Hall–Kier alpha value is -1.08. The average molecular weight is 223 g/mol. The molecule has 4 nitrogen and oxygen atoms in total. The van der Waals surface area contributed by atoms with Gasteiger partial charge < -0.3 is 11.1 Å². The Kier molecular flexibility index (Phi) is 4.31. The second-order valence-electron chi connectivity index (χ2n) is 5.09. The van der Waals surface area contributed by atoms with Gasteiger partial charge in [0, 0.05) is 6.04 Å². The van der Waals surface area contributed by atoms with Crippen LogP contribution < -0.4 is 11.1 Å². The van der Waals surface area contributed by atoms with Crippen molar-refractivity contribution in [3.8, 4) is 6.07 Å². The third-order valence-corrected chi connectivity index (χ3v) is 3.26. The van der Waals surface area contributed by atoms with E-state index in [0.29, 0.717) is 12.3 Å². The number of nitrogens with two attached hydrogens (primary N) is 1. The fraction of sp³-hybridized carbons (Fsp3) is 0.833. The SMILES string of the molecule is CC1CCCC(N)(C(=O)NC(C)CC#N)C1. The fourth-order valence-electron chi connectivity index (χ4n) is 2.35. The molecule has 0 spiro atoms. The van der Waals surface area contributed by atoms with Crippen molar-refractivity contribution in [1.82, 2.24) is 5.32 Å². The van der Waals surface area contributed by atoms with Crippen LogP contribution in [0.2, 0.25) is 0 Å². The van der Waals surface area contributed by atoms with Gasteiger partial charge in [-0.3, -0.25) is 4.79 Å². The summed E-state index contributed by atoms with van der Waals surface area (Å²) < 4.78 is 0. The van der Waals surface area contributed by atoms with Crippen molar-refractivity contribution in [1.29, 1.82) is 5.26 Å². The second kappa shape index (κ2) is 5.31. The van der Waals surface area contributed by atoms with Gasteiger partial charge >= 0.3 is 0 Å². The molecular weight excluding hydrogens is 202 g/mol. The molecule has 0 aliphatic heterocycles. The standard InChI is InChI=1S/C12H21N3O/c1-9-4-3-6-12(14,8-9)11(16)15-10(2)5-7-13/h9-10H,3-6,8,14H2,1-2H3,(H,15,16). The lowest BCUT2D eigenvalue weighted by molar-refractivity contribution is -0.128. The minimum Gasteiger partial charge on any atom is -0.351 e. The minimum absolute atomic E-state index is 0.0956. The average Bonchev–Trinajstić information content (AvgIpc) is 2.17. The molecule has 1 fully saturated rings. The van der Waals surface area contributed by atoms with Gasteiger partial charge in [-0.25, -0.2) is 0 Å². The van der Waals surface area contributed by atoms with Crippen LogP contribution in [0.3, 0.4) is 0 Å². The summed E-state index contributed by atoms with van der Waals surface area (Å²) in [5, 5.41) is 11.4. The Morgan fingerprint density at radius 3 is 3.00 bits per heavy atom. The molecule has 90 valence electrons. The van der Waals surface area contributed by atoms with E-state index in [1.54, 1.807) is 0 Å². The van der Waals surface area contributed by atoms with Crippen LogP contribution in [0.25, 0.3) is 0 Å². The molecule has 0 aromatic heterocycles. The molecule has 0 heterocycles. The summed E-state index contributed by atoms with van der Waals surface area (Å²) in [6, 6.07) is 1.93. The molecule has 3 unspecified atom stereocenters. The lowest BCUT2D eigenvalue weighted by Gasteiger charge is -2.36. The summed E-state index contributed by atoms with van der Waals surface area (Å²) in [5.41, 5.74) is 5.42. The molecule has 1 aliphatic carbocycles. The van der Waals surface area contributed by atoms with E-state index in [1.165, 1.54) is 0 Å². The molecular formula is C12H21N3O. The molecule has 1 amide bonds. The predicted molar refractivity (Wildman–Crippen MR) is 62.4 cm³/mol. The van der Waals surface area contributed by atoms with Gasteiger partial charge in [-0.05, 0) is 25.7 Å². The molecule has 3 N–H and O–H groups in total. The lowest BCUT2D eigenvalue weighted by atomic mass is 9.76. The zero-order chi connectivity index (χ0) is 12.2. The first-order chi connectivity index (χ1) is 7.48. The number of hydrogen-bond donors (Lipinski definition) is 2. The van der Waals surface area contributed by atoms with Gasteiger partial charge in [-0.15, -0.1) is 0 Å². The zero-order valence-electron chi connectivity index (χ0n) is 10.1. The van der Waals surface area contributed by atoms with Crippen LogP contribution in [0, 0.1) is 17.2 Å². The third-order valence-electron chi connectivity index (χ3n) is 3.26. The maximum Gasteiger partial charge on any atom is 0.240 e. The molecule has 1 saturated carbocycles. The summed E-state index contributed by atoms with van der Waals surface area (Å²) in [6.07, 6.45) is 4.00. The van der Waals surface area contributed by atoms with E-state index >= 15 is 0 Å². The summed E-state index contributed by atoms with van der Waals surface area (Å²) >= 11 is 0. The molecule has 4 heteroatoms. The van der Waals surface area contributed by atoms with Gasteiger partial charge in [-0.2, -0.15) is 5.26 Å². The van der Waals surface area contributed by atoms with Crippen LogP contribution in [0.15, 0.2) is 0 Å². The predicted octanol–water partition coefficient (Wildman–Crippen LogP) is 1.31. The van der Waals surface area contributed by atoms with E-state index in [1.807, 2.05) is 13.0 Å². The minimum atomic E-state index is -0.721. The number of hydrogen-bond acceptors (Lipinski definition) is 3. The van der Waals surface area contributed by atoms with Crippen molar-refractivity contribution in [2.45, 2.75) is 57.5 Å². The molecule has 16 heavy (non-hydrogen) atoms. The van der Waals surface area contributed by atoms with E-state index in [2.05, 4.69) is 12.2 Å². The maximum atomic E-state index is 12.0. The van der Waals surface area contributed by atoms with Gasteiger partial charge in [0.2, 0.25) is 5.91 Å². The number of nitriles is 1. The number of carbonyl (C=O) groups is 1. The highest BCUT2D eigenvalue weighted by molar-refractivity contribution is 5.86. The quantitative estimate of drug-likeness (QED) is 0.757. The zero-order valence-corrected chi connectivity index (χ0v) is 10.1. The van der Waals surface area contributed by atoms with Gasteiger partial charge in [0.1, 0.15) is 0 Å². The maximum absolute atomic E-state index is 12.0. The Balaban J connectivity index is 2.55. The van der Waals surface area contributed by atoms with Crippen molar-refractivity contribution in [3.63, 3.8) is 0 Å². The van der Waals surface area contributed by atoms with Crippen molar-refractivity contribution >= 4 is 5.91 Å². The Labute approximate surface area is 97.2 Å². The number of carbonyl (C=O) groups excluding carboxylic acids is 1. The van der Waals surface area contributed by atoms with Crippen molar-refractivity contribution in [3.05, 3.63) is 0 Å². The summed E-state index contributed by atoms with van der Waals surface area (Å²) in [4.78, 5) is 12.0. The Morgan fingerprint density at radius 1 is 1.75 bits per heavy atom. The second-order valence-corrected chi connectivity index (χ2v) is 5.09. The van der Waals surface area contributed by atoms with Gasteiger partial charge in [-0.1, -0.05) is 19.8 Å². The summed E-state index contributed by atoms with van der Waals surface area (Å²) in [5.74, 6) is 0.414. The lowest BCUT2D eigenvalue weighted by Crippen LogP contribution is -2.57. The highest BCUT2D eigenvalue weighted by Crippen LogP contribution is 2.30. The molecule has 1 rings (SSSR count). The van der Waals surface area contributed by atoms with Crippen LogP contribution in [-0.4, -0.2) is 17.5 Å². The topological polar surface area (TPSA) is 78.9 Å². The normalized spacial score (nSPS) is 31.5. The van der Waals surface area contributed by atoms with Crippen molar-refractivity contribution in [2.75, 3.05) is 0 Å². The number of amides is 1. The van der Waals surface area contributed by atoms with E-state index in [9.17, 15) is 4.79 Å². The Bertz CT molecular complexity index is 297. The van der Waals surface area contributed by atoms with Crippen LogP contribution >= 0.6 is 0 Å². The molecule has 0 saturated heterocycles. The first kappa shape index (κ1) is 13.0. The van der Waals surface area contributed by atoms with Gasteiger partial charge in [0.25, 0.3) is 0 Å². The van der Waals surface area contributed by atoms with E-state index in [0.717, 1.165) is 25.7 Å². The molecule has 0 aromatic carbocycles. The molecule has 3 atom stereocenters. The van der Waals surface area contributed by atoms with E-state index in [4.69, 9.17) is 11.0 Å². The third kappa shape index (κ3) is 3.21. The monoisotopic (exact) mass is 223 g/mol. The number of nitrogens with zero attached hydrogens (tertiary/aromatic N) is 1. The van der Waals surface area contributed by atoms with E-state index < -0.39 is 5.54 Å². The van der Waals surface area contributed by atoms with Crippen LogP contribution in [0.4, 0.5) is 0 Å². The van der Waals surface area contributed by atoms with Crippen LogP contribution in [0.5, 0.6) is 0 Å². The molecule has 0 aromatic rings. The van der Waals surface area contributed by atoms with Crippen molar-refractivity contribution < 1.29 is 4.79 Å².